The number of ether oxygens (including phenoxy) is 3. The Bertz CT molecular complexity index is 796. The first-order valence-corrected chi connectivity index (χ1v) is 7.97. The lowest BCUT2D eigenvalue weighted by Crippen LogP contribution is -2.28. The van der Waals surface area contributed by atoms with Crippen molar-refractivity contribution in [3.05, 3.63) is 52.1 Å². The van der Waals surface area contributed by atoms with Crippen LogP contribution in [0.4, 0.5) is 11.4 Å². The van der Waals surface area contributed by atoms with Gasteiger partial charge in [-0.3, -0.25) is 10.1 Å². The maximum atomic E-state index is 10.7. The van der Waals surface area contributed by atoms with Gasteiger partial charge in [0.15, 0.2) is 16.6 Å². The van der Waals surface area contributed by atoms with Gasteiger partial charge in [0.05, 0.1) is 26.3 Å². The molecule has 0 saturated heterocycles. The number of non-ortho nitro benzene ring substituents is 1. The normalized spacial score (nSPS) is 9.96. The van der Waals surface area contributed by atoms with Gasteiger partial charge in [0.2, 0.25) is 0 Å². The second-order valence-electron chi connectivity index (χ2n) is 5.13. The van der Waals surface area contributed by atoms with Crippen LogP contribution >= 0.6 is 12.2 Å². The molecule has 2 rings (SSSR count). The highest BCUT2D eigenvalue weighted by molar-refractivity contribution is 7.80. The number of hydrogen-bond acceptors (Lipinski definition) is 6. The fourth-order valence-electron chi connectivity index (χ4n) is 2.25. The van der Waals surface area contributed by atoms with Crippen LogP contribution in [0.5, 0.6) is 17.2 Å². The number of thiocarbonyl (C=S) groups is 1. The van der Waals surface area contributed by atoms with Gasteiger partial charge < -0.3 is 24.8 Å². The van der Waals surface area contributed by atoms with Gasteiger partial charge >= 0.3 is 0 Å². The molecule has 0 heterocycles. The number of anilines is 1. The predicted octanol–water partition coefficient (Wildman–Crippen LogP) is 3.11. The summed E-state index contributed by atoms with van der Waals surface area (Å²) in [4.78, 5) is 10.2. The van der Waals surface area contributed by atoms with E-state index in [1.807, 2.05) is 0 Å². The summed E-state index contributed by atoms with van der Waals surface area (Å²) in [5, 5.41) is 17.1. The largest absolute Gasteiger partial charge is 0.496 e. The molecule has 0 spiro atoms. The molecule has 9 heteroatoms. The third kappa shape index (κ3) is 4.73. The number of hydrogen-bond donors (Lipinski definition) is 2. The van der Waals surface area contributed by atoms with Crippen molar-refractivity contribution in [3.8, 4) is 17.2 Å². The fraction of sp³-hybridized carbons (Fsp3) is 0.235. The summed E-state index contributed by atoms with van der Waals surface area (Å²) in [5.41, 5.74) is 1.50. The molecule has 2 aromatic carbocycles. The Balaban J connectivity index is 2.03. The van der Waals surface area contributed by atoms with E-state index in [-0.39, 0.29) is 5.69 Å². The highest BCUT2D eigenvalue weighted by Gasteiger charge is 2.12. The van der Waals surface area contributed by atoms with E-state index in [2.05, 4.69) is 10.6 Å². The molecule has 0 amide bonds. The molecule has 0 saturated carbocycles. The molecule has 0 aliphatic heterocycles. The number of nitro benzene ring substituents is 1. The van der Waals surface area contributed by atoms with E-state index < -0.39 is 4.92 Å². The third-order valence-corrected chi connectivity index (χ3v) is 3.81. The lowest BCUT2D eigenvalue weighted by molar-refractivity contribution is -0.384. The summed E-state index contributed by atoms with van der Waals surface area (Å²) in [6.07, 6.45) is 0. The molecule has 0 aliphatic carbocycles. The van der Waals surface area contributed by atoms with E-state index in [0.29, 0.717) is 34.6 Å². The SMILES string of the molecule is COc1cc(OC)c(OC)cc1CNC(=S)Nc1ccc([N+](=O)[O-])cc1. The summed E-state index contributed by atoms with van der Waals surface area (Å²) in [6.45, 7) is 0.391. The molecule has 0 aliphatic rings. The summed E-state index contributed by atoms with van der Waals surface area (Å²) < 4.78 is 15.9. The Labute approximate surface area is 156 Å². The van der Waals surface area contributed by atoms with Crippen molar-refractivity contribution in [2.75, 3.05) is 26.6 Å². The molecule has 0 radical (unpaired) electrons. The lowest BCUT2D eigenvalue weighted by Gasteiger charge is -2.16. The molecule has 0 atom stereocenters. The molecular weight excluding hydrogens is 358 g/mol. The minimum Gasteiger partial charge on any atom is -0.496 e. The zero-order chi connectivity index (χ0) is 19.1. The molecule has 0 unspecified atom stereocenters. The topological polar surface area (TPSA) is 94.9 Å². The average molecular weight is 377 g/mol. The van der Waals surface area contributed by atoms with Crippen molar-refractivity contribution in [3.63, 3.8) is 0 Å². The van der Waals surface area contributed by atoms with Gasteiger partial charge in [-0.15, -0.1) is 0 Å². The van der Waals surface area contributed by atoms with Crippen LogP contribution in [0, 0.1) is 10.1 Å². The fourth-order valence-corrected chi connectivity index (χ4v) is 2.44. The van der Waals surface area contributed by atoms with Gasteiger partial charge in [-0.05, 0) is 30.4 Å². The molecule has 26 heavy (non-hydrogen) atoms. The average Bonchev–Trinajstić information content (AvgIpc) is 2.65. The molecule has 0 bridgehead atoms. The standard InChI is InChI=1S/C17H19N3O5S/c1-23-14-9-16(25-3)15(24-2)8-11(14)10-18-17(26)19-12-4-6-13(7-5-12)20(21)22/h4-9H,10H2,1-3H3,(H2,18,19,26). The number of methoxy groups -OCH3 is 3. The maximum Gasteiger partial charge on any atom is 0.269 e. The highest BCUT2D eigenvalue weighted by atomic mass is 32.1. The van der Waals surface area contributed by atoms with Crippen LogP contribution < -0.4 is 24.8 Å². The van der Waals surface area contributed by atoms with Crippen molar-refractivity contribution in [1.29, 1.82) is 0 Å². The number of rotatable bonds is 7. The van der Waals surface area contributed by atoms with Crippen LogP contribution in [-0.2, 0) is 6.54 Å². The Kier molecular flexibility index (Phi) is 6.56. The minimum absolute atomic E-state index is 0.0180. The van der Waals surface area contributed by atoms with E-state index in [1.54, 1.807) is 45.6 Å². The van der Waals surface area contributed by atoms with Gasteiger partial charge in [-0.25, -0.2) is 0 Å². The second kappa shape index (κ2) is 8.86. The van der Waals surface area contributed by atoms with E-state index in [0.717, 1.165) is 5.56 Å². The van der Waals surface area contributed by atoms with E-state index in [1.165, 1.54) is 12.1 Å². The number of nitrogens with one attached hydrogen (secondary N) is 2. The highest BCUT2D eigenvalue weighted by Crippen LogP contribution is 2.34. The van der Waals surface area contributed by atoms with Crippen LogP contribution in [-0.4, -0.2) is 31.4 Å². The summed E-state index contributed by atoms with van der Waals surface area (Å²) in [6, 6.07) is 9.53. The molecule has 8 nitrogen and oxygen atoms in total. The maximum absolute atomic E-state index is 10.7. The van der Waals surface area contributed by atoms with Crippen molar-refractivity contribution in [2.45, 2.75) is 6.54 Å². The number of nitro groups is 1. The molecule has 2 aromatic rings. The molecule has 0 fully saturated rings. The van der Waals surface area contributed by atoms with Gasteiger partial charge in [0, 0.05) is 36.0 Å². The second-order valence-corrected chi connectivity index (χ2v) is 5.54. The zero-order valence-electron chi connectivity index (χ0n) is 14.6. The molecule has 0 aromatic heterocycles. The van der Waals surface area contributed by atoms with Crippen LogP contribution in [0.25, 0.3) is 0 Å². The molecule has 138 valence electrons. The van der Waals surface area contributed by atoms with E-state index >= 15 is 0 Å². The number of benzene rings is 2. The zero-order valence-corrected chi connectivity index (χ0v) is 15.4. The van der Waals surface area contributed by atoms with Crippen LogP contribution in [0.2, 0.25) is 0 Å². The quantitative estimate of drug-likeness (QED) is 0.432. The minimum atomic E-state index is -0.455. The van der Waals surface area contributed by atoms with Gasteiger partial charge in [-0.2, -0.15) is 0 Å². The Hall–Kier alpha value is -3.07. The first kappa shape index (κ1) is 19.3. The van der Waals surface area contributed by atoms with Crippen molar-refractivity contribution in [2.24, 2.45) is 0 Å². The first-order valence-electron chi connectivity index (χ1n) is 7.56. The number of nitrogens with zero attached hydrogens (tertiary/aromatic N) is 1. The third-order valence-electron chi connectivity index (χ3n) is 3.56. The van der Waals surface area contributed by atoms with Gasteiger partial charge in [0.1, 0.15) is 5.75 Å². The predicted molar refractivity (Wildman–Crippen MR) is 102 cm³/mol. The Morgan fingerprint density at radius 2 is 1.62 bits per heavy atom. The summed E-state index contributed by atoms with van der Waals surface area (Å²) in [7, 11) is 4.68. The summed E-state index contributed by atoms with van der Waals surface area (Å²) in [5.74, 6) is 1.78. The Morgan fingerprint density at radius 3 is 2.15 bits per heavy atom. The van der Waals surface area contributed by atoms with Gasteiger partial charge in [0.25, 0.3) is 5.69 Å². The smallest absolute Gasteiger partial charge is 0.269 e. The van der Waals surface area contributed by atoms with E-state index in [9.17, 15) is 10.1 Å². The lowest BCUT2D eigenvalue weighted by atomic mass is 10.1. The Morgan fingerprint density at radius 1 is 1.04 bits per heavy atom. The molecular formula is C17H19N3O5S. The van der Waals surface area contributed by atoms with Gasteiger partial charge in [-0.1, -0.05) is 0 Å². The van der Waals surface area contributed by atoms with Crippen molar-refractivity contribution < 1.29 is 19.1 Å². The van der Waals surface area contributed by atoms with Crippen molar-refractivity contribution >= 4 is 28.7 Å². The van der Waals surface area contributed by atoms with Crippen LogP contribution in [0.3, 0.4) is 0 Å². The monoisotopic (exact) mass is 377 g/mol. The first-order chi connectivity index (χ1) is 12.5. The molecule has 2 N–H and O–H groups in total. The van der Waals surface area contributed by atoms with Crippen molar-refractivity contribution in [1.82, 2.24) is 5.32 Å². The van der Waals surface area contributed by atoms with E-state index in [4.69, 9.17) is 26.4 Å². The summed E-state index contributed by atoms with van der Waals surface area (Å²) >= 11 is 5.26. The van der Waals surface area contributed by atoms with Crippen LogP contribution in [0.1, 0.15) is 5.56 Å². The van der Waals surface area contributed by atoms with Crippen LogP contribution in [0.15, 0.2) is 36.4 Å².